The number of nitrogens with one attached hydrogen (secondary N) is 2. The summed E-state index contributed by atoms with van der Waals surface area (Å²) in [5, 5.41) is 7.39. The van der Waals surface area contributed by atoms with Gasteiger partial charge in [-0.2, -0.15) is 11.8 Å². The van der Waals surface area contributed by atoms with Crippen molar-refractivity contribution in [3.05, 3.63) is 34.9 Å². The Balaban J connectivity index is 0.00000176. The van der Waals surface area contributed by atoms with Crippen LogP contribution in [0.2, 0.25) is 5.02 Å². The Kier molecular flexibility index (Phi) is 6.87. The van der Waals surface area contributed by atoms with Crippen LogP contribution in [0.25, 0.3) is 0 Å². The summed E-state index contributed by atoms with van der Waals surface area (Å²) in [6.07, 6.45) is 2.97. The van der Waals surface area contributed by atoms with E-state index in [1.807, 2.05) is 36.0 Å². The molecule has 2 fully saturated rings. The molecule has 22 heavy (non-hydrogen) atoms. The molecule has 0 spiro atoms. The molecule has 1 aliphatic carbocycles. The first-order valence-electron chi connectivity index (χ1n) is 7.58. The topological polar surface area (TPSA) is 41.1 Å². The van der Waals surface area contributed by atoms with E-state index >= 15 is 0 Å². The molecular formula is C16H22Cl2N2OS. The van der Waals surface area contributed by atoms with Gasteiger partial charge in [-0.15, -0.1) is 12.4 Å². The number of halogens is 2. The van der Waals surface area contributed by atoms with Gasteiger partial charge < -0.3 is 10.6 Å². The van der Waals surface area contributed by atoms with Crippen LogP contribution in [0, 0.1) is 5.92 Å². The number of carbonyl (C=O) groups excluding carboxylic acids is 1. The van der Waals surface area contributed by atoms with Crippen LogP contribution in [0.1, 0.15) is 30.9 Å². The molecule has 6 heteroatoms. The molecule has 2 N–H and O–H groups in total. The van der Waals surface area contributed by atoms with Gasteiger partial charge >= 0.3 is 0 Å². The van der Waals surface area contributed by atoms with E-state index in [-0.39, 0.29) is 24.4 Å². The SMILES string of the molecule is Cl.O=C(CC1CSCCN1)NC(c1ccc(Cl)cc1)C1CC1. The minimum atomic E-state index is 0. The molecule has 0 bridgehead atoms. The quantitative estimate of drug-likeness (QED) is 0.844. The predicted molar refractivity (Wildman–Crippen MR) is 96.0 cm³/mol. The maximum atomic E-state index is 12.3. The van der Waals surface area contributed by atoms with Crippen LogP contribution >= 0.6 is 35.8 Å². The fourth-order valence-corrected chi connectivity index (χ4v) is 3.86. The fraction of sp³-hybridized carbons (Fsp3) is 0.562. The van der Waals surface area contributed by atoms with Gasteiger partial charge in [-0.1, -0.05) is 23.7 Å². The highest BCUT2D eigenvalue weighted by atomic mass is 35.5. The summed E-state index contributed by atoms with van der Waals surface area (Å²) in [5.41, 5.74) is 1.17. The first-order valence-corrected chi connectivity index (χ1v) is 9.11. The van der Waals surface area contributed by atoms with E-state index < -0.39 is 0 Å². The number of hydrogen-bond donors (Lipinski definition) is 2. The number of hydrogen-bond acceptors (Lipinski definition) is 3. The van der Waals surface area contributed by atoms with E-state index in [1.54, 1.807) is 0 Å². The number of thioether (sulfide) groups is 1. The molecule has 2 unspecified atom stereocenters. The van der Waals surface area contributed by atoms with Crippen LogP contribution in [0.3, 0.4) is 0 Å². The van der Waals surface area contributed by atoms with E-state index in [2.05, 4.69) is 10.6 Å². The molecule has 1 saturated carbocycles. The van der Waals surface area contributed by atoms with E-state index in [9.17, 15) is 4.79 Å². The van der Waals surface area contributed by atoms with E-state index in [0.29, 0.717) is 18.4 Å². The third-order valence-electron chi connectivity index (χ3n) is 4.07. The van der Waals surface area contributed by atoms with Crippen LogP contribution < -0.4 is 10.6 Å². The molecule has 1 aromatic rings. The van der Waals surface area contributed by atoms with Gasteiger partial charge in [0, 0.05) is 35.5 Å². The smallest absolute Gasteiger partial charge is 0.222 e. The maximum Gasteiger partial charge on any atom is 0.222 e. The Bertz CT molecular complexity index is 487. The van der Waals surface area contributed by atoms with Crippen LogP contribution in [0.5, 0.6) is 0 Å². The monoisotopic (exact) mass is 360 g/mol. The average Bonchev–Trinajstić information content (AvgIpc) is 3.31. The van der Waals surface area contributed by atoms with E-state index in [1.165, 1.54) is 18.4 Å². The summed E-state index contributed by atoms with van der Waals surface area (Å²) in [6, 6.07) is 8.32. The number of amides is 1. The number of benzene rings is 1. The molecule has 2 aliphatic rings. The Morgan fingerprint density at radius 2 is 2.09 bits per heavy atom. The summed E-state index contributed by atoms with van der Waals surface area (Å²) >= 11 is 7.87. The molecule has 1 aromatic carbocycles. The Hall–Kier alpha value is -0.420. The molecule has 122 valence electrons. The Morgan fingerprint density at radius 3 is 2.68 bits per heavy atom. The highest BCUT2D eigenvalue weighted by molar-refractivity contribution is 7.99. The lowest BCUT2D eigenvalue weighted by molar-refractivity contribution is -0.122. The van der Waals surface area contributed by atoms with Crippen molar-refractivity contribution in [3.63, 3.8) is 0 Å². The predicted octanol–water partition coefficient (Wildman–Crippen LogP) is 3.42. The second-order valence-corrected chi connectivity index (χ2v) is 7.45. The van der Waals surface area contributed by atoms with Crippen molar-refractivity contribution in [3.8, 4) is 0 Å². The first-order chi connectivity index (χ1) is 10.2. The van der Waals surface area contributed by atoms with Crippen LogP contribution in [0.4, 0.5) is 0 Å². The van der Waals surface area contributed by atoms with Gasteiger partial charge in [-0.05, 0) is 36.5 Å². The summed E-state index contributed by atoms with van der Waals surface area (Å²) in [4.78, 5) is 12.3. The van der Waals surface area contributed by atoms with Crippen LogP contribution in [-0.4, -0.2) is 30.0 Å². The van der Waals surface area contributed by atoms with Crippen molar-refractivity contribution in [2.24, 2.45) is 5.92 Å². The lowest BCUT2D eigenvalue weighted by atomic mass is 10.0. The van der Waals surface area contributed by atoms with Crippen molar-refractivity contribution < 1.29 is 4.79 Å². The molecule has 1 aliphatic heterocycles. The molecular weight excluding hydrogens is 339 g/mol. The second kappa shape index (κ2) is 8.44. The van der Waals surface area contributed by atoms with Crippen molar-refractivity contribution >= 4 is 41.7 Å². The van der Waals surface area contributed by atoms with Gasteiger partial charge in [0.15, 0.2) is 0 Å². The third-order valence-corrected chi connectivity index (χ3v) is 5.45. The Labute approximate surface area is 147 Å². The second-order valence-electron chi connectivity index (χ2n) is 5.86. The molecule has 3 nitrogen and oxygen atoms in total. The number of rotatable bonds is 5. The number of carbonyl (C=O) groups is 1. The first kappa shape index (κ1) is 17.9. The van der Waals surface area contributed by atoms with Gasteiger partial charge in [0.25, 0.3) is 0 Å². The van der Waals surface area contributed by atoms with Gasteiger partial charge in [-0.25, -0.2) is 0 Å². The minimum absolute atomic E-state index is 0. The van der Waals surface area contributed by atoms with Crippen LogP contribution in [0.15, 0.2) is 24.3 Å². The average molecular weight is 361 g/mol. The van der Waals surface area contributed by atoms with Crippen molar-refractivity contribution in [1.29, 1.82) is 0 Å². The highest BCUT2D eigenvalue weighted by Gasteiger charge is 2.33. The molecule has 0 radical (unpaired) electrons. The van der Waals surface area contributed by atoms with Gasteiger partial charge in [-0.3, -0.25) is 4.79 Å². The zero-order chi connectivity index (χ0) is 14.7. The van der Waals surface area contributed by atoms with Crippen molar-refractivity contribution in [1.82, 2.24) is 10.6 Å². The maximum absolute atomic E-state index is 12.3. The molecule has 2 atom stereocenters. The summed E-state index contributed by atoms with van der Waals surface area (Å²) < 4.78 is 0. The lowest BCUT2D eigenvalue weighted by Crippen LogP contribution is -2.42. The van der Waals surface area contributed by atoms with E-state index in [4.69, 9.17) is 11.6 Å². The third kappa shape index (κ3) is 5.05. The van der Waals surface area contributed by atoms with E-state index in [0.717, 1.165) is 23.1 Å². The molecule has 3 rings (SSSR count). The Morgan fingerprint density at radius 1 is 1.36 bits per heavy atom. The standard InChI is InChI=1S/C16H21ClN2OS.ClH/c17-13-5-3-12(4-6-13)16(11-1-2-11)19-15(20)9-14-10-21-8-7-18-14;/h3-6,11,14,16,18H,1-2,7-10H2,(H,19,20);1H. The molecule has 0 aromatic heterocycles. The minimum Gasteiger partial charge on any atom is -0.349 e. The zero-order valence-electron chi connectivity index (χ0n) is 12.4. The van der Waals surface area contributed by atoms with Gasteiger partial charge in [0.1, 0.15) is 0 Å². The van der Waals surface area contributed by atoms with Gasteiger partial charge in [0.2, 0.25) is 5.91 Å². The largest absolute Gasteiger partial charge is 0.349 e. The molecule has 1 amide bonds. The fourth-order valence-electron chi connectivity index (χ4n) is 2.78. The molecule has 1 saturated heterocycles. The van der Waals surface area contributed by atoms with Gasteiger partial charge in [0.05, 0.1) is 6.04 Å². The summed E-state index contributed by atoms with van der Waals surface area (Å²) in [6.45, 7) is 1.01. The van der Waals surface area contributed by atoms with Crippen molar-refractivity contribution in [2.75, 3.05) is 18.1 Å². The van der Waals surface area contributed by atoms with Crippen molar-refractivity contribution in [2.45, 2.75) is 31.3 Å². The van der Waals surface area contributed by atoms with Crippen LogP contribution in [-0.2, 0) is 4.79 Å². The normalized spacial score (nSPS) is 22.5. The lowest BCUT2D eigenvalue weighted by Gasteiger charge is -2.24. The summed E-state index contributed by atoms with van der Waals surface area (Å²) in [7, 11) is 0. The molecule has 1 heterocycles. The summed E-state index contributed by atoms with van der Waals surface area (Å²) in [5.74, 6) is 2.92. The highest BCUT2D eigenvalue weighted by Crippen LogP contribution is 2.41. The zero-order valence-corrected chi connectivity index (χ0v) is 14.8.